The van der Waals surface area contributed by atoms with Gasteiger partial charge >= 0.3 is 0 Å². The van der Waals surface area contributed by atoms with Crippen molar-refractivity contribution in [3.63, 3.8) is 0 Å². The van der Waals surface area contributed by atoms with Gasteiger partial charge in [-0.2, -0.15) is 0 Å². The van der Waals surface area contributed by atoms with Crippen LogP contribution in [0.2, 0.25) is 0 Å². The average molecular weight is 419 g/mol. The Labute approximate surface area is 174 Å². The summed E-state index contributed by atoms with van der Waals surface area (Å²) in [6, 6.07) is 11.2. The molecule has 0 aliphatic carbocycles. The Morgan fingerprint density at radius 3 is 2.66 bits per heavy atom. The number of pyridine rings is 1. The Balaban J connectivity index is 1.35. The van der Waals surface area contributed by atoms with Gasteiger partial charge in [-0.05, 0) is 69.1 Å². The summed E-state index contributed by atoms with van der Waals surface area (Å²) in [6.45, 7) is 6.02. The van der Waals surface area contributed by atoms with Crippen molar-refractivity contribution in [3.05, 3.63) is 48.2 Å². The zero-order valence-electron chi connectivity index (χ0n) is 16.9. The first-order valence-electron chi connectivity index (χ1n) is 10.4. The van der Waals surface area contributed by atoms with Gasteiger partial charge in [-0.15, -0.1) is 10.6 Å². The second kappa shape index (κ2) is 8.92. The fourth-order valence-corrected chi connectivity index (χ4v) is 5.56. The summed E-state index contributed by atoms with van der Waals surface area (Å²) in [5.41, 5.74) is 0.896. The van der Waals surface area contributed by atoms with Gasteiger partial charge in [-0.25, -0.2) is 4.98 Å². The van der Waals surface area contributed by atoms with Crippen molar-refractivity contribution < 1.29 is 18.6 Å². The van der Waals surface area contributed by atoms with E-state index in [1.165, 1.54) is 32.4 Å². The maximum atomic E-state index is 10.7. The van der Waals surface area contributed by atoms with Crippen molar-refractivity contribution in [2.75, 3.05) is 26.2 Å². The van der Waals surface area contributed by atoms with Gasteiger partial charge in [-0.1, -0.05) is 18.6 Å². The van der Waals surface area contributed by atoms with Crippen LogP contribution in [0, 0.1) is 0 Å². The van der Waals surface area contributed by atoms with Crippen LogP contribution in [0.25, 0.3) is 0 Å². The van der Waals surface area contributed by atoms with Crippen LogP contribution in [0.4, 0.5) is 0 Å². The van der Waals surface area contributed by atoms with E-state index in [0.29, 0.717) is 12.4 Å². The maximum Gasteiger partial charge on any atom is 0.189 e. The summed E-state index contributed by atoms with van der Waals surface area (Å²) in [7, 11) is -3.03. The average Bonchev–Trinajstić information content (AvgIpc) is 2.75. The van der Waals surface area contributed by atoms with Gasteiger partial charge in [-0.3, -0.25) is 9.11 Å². The molecule has 2 N–H and O–H groups in total. The third kappa shape index (κ3) is 4.53. The number of benzene rings is 1. The molecule has 6 nitrogen and oxygen atoms in total. The summed E-state index contributed by atoms with van der Waals surface area (Å²) in [4.78, 5) is 6.65. The Hall–Kier alpha value is -1.80. The first-order chi connectivity index (χ1) is 14.1. The van der Waals surface area contributed by atoms with Crippen LogP contribution < -0.4 is 9.47 Å². The number of ether oxygens (including phenoxy) is 2. The molecular formula is C22H30N2O4S. The topological polar surface area (TPSA) is 75.1 Å². The van der Waals surface area contributed by atoms with Crippen molar-refractivity contribution in [1.29, 1.82) is 0 Å². The zero-order valence-corrected chi connectivity index (χ0v) is 17.7. The fraction of sp³-hybridized carbons (Fsp3) is 0.500. The van der Waals surface area contributed by atoms with Gasteiger partial charge in [0.2, 0.25) is 0 Å². The van der Waals surface area contributed by atoms with E-state index in [4.69, 9.17) is 9.47 Å². The number of piperidine rings is 1. The molecule has 0 saturated carbocycles. The molecule has 1 aromatic heterocycles. The number of rotatable bonds is 6. The molecule has 7 heteroatoms. The standard InChI is InChI=1S/C22H30N2O4S/c1-17-21(28-20-7-5-12-23-22(20)29(17,25)26)18-8-10-19(11-9-18)27-16-6-15-24-13-3-2-4-14-24/h5,7-12,17,21,25-26H,2-4,6,13-16H2,1H3. The van der Waals surface area contributed by atoms with Gasteiger partial charge in [0.15, 0.2) is 10.8 Å². The molecule has 3 heterocycles. The van der Waals surface area contributed by atoms with E-state index in [1.54, 1.807) is 25.3 Å². The lowest BCUT2D eigenvalue weighted by molar-refractivity contribution is 0.178. The summed E-state index contributed by atoms with van der Waals surface area (Å²) in [5.74, 6) is 1.26. The van der Waals surface area contributed by atoms with E-state index in [0.717, 1.165) is 24.3 Å². The third-order valence-corrected chi connectivity index (χ3v) is 7.92. The smallest absolute Gasteiger partial charge is 0.189 e. The molecule has 0 spiro atoms. The minimum Gasteiger partial charge on any atom is -0.494 e. The Bertz CT molecular complexity index is 809. The van der Waals surface area contributed by atoms with Gasteiger partial charge in [0.25, 0.3) is 0 Å². The van der Waals surface area contributed by atoms with E-state index < -0.39 is 21.9 Å². The minimum absolute atomic E-state index is 0.248. The monoisotopic (exact) mass is 418 g/mol. The molecule has 2 unspecified atom stereocenters. The second-order valence-electron chi connectivity index (χ2n) is 7.82. The predicted octanol–water partition coefficient (Wildman–Crippen LogP) is 4.97. The number of fused-ring (bicyclic) bond motifs is 1. The van der Waals surface area contributed by atoms with Crippen LogP contribution in [0.1, 0.15) is 44.3 Å². The fourth-order valence-electron chi connectivity index (χ4n) is 4.03. The normalized spacial score (nSPS) is 24.9. The first-order valence-corrected chi connectivity index (χ1v) is 12.0. The lowest BCUT2D eigenvalue weighted by Gasteiger charge is -2.45. The van der Waals surface area contributed by atoms with E-state index >= 15 is 0 Å². The van der Waals surface area contributed by atoms with Crippen molar-refractivity contribution in [3.8, 4) is 11.5 Å². The third-order valence-electron chi connectivity index (χ3n) is 5.76. The second-order valence-corrected chi connectivity index (χ2v) is 10.1. The summed E-state index contributed by atoms with van der Waals surface area (Å²) < 4.78 is 33.4. The Kier molecular flexibility index (Phi) is 6.29. The van der Waals surface area contributed by atoms with Crippen LogP contribution in [-0.4, -0.2) is 50.5 Å². The molecule has 2 atom stereocenters. The molecule has 1 fully saturated rings. The molecule has 2 aliphatic heterocycles. The van der Waals surface area contributed by atoms with Crippen LogP contribution in [0.3, 0.4) is 0 Å². The minimum atomic E-state index is -3.03. The van der Waals surface area contributed by atoms with Crippen LogP contribution >= 0.6 is 10.6 Å². The number of likely N-dealkylation sites (tertiary alicyclic amines) is 1. The zero-order chi connectivity index (χ0) is 20.3. The van der Waals surface area contributed by atoms with E-state index in [-0.39, 0.29) is 5.03 Å². The highest BCUT2D eigenvalue weighted by Gasteiger charge is 2.41. The molecule has 2 aliphatic rings. The first kappa shape index (κ1) is 20.5. The molecule has 158 valence electrons. The van der Waals surface area contributed by atoms with Crippen LogP contribution in [-0.2, 0) is 0 Å². The molecule has 0 bridgehead atoms. The van der Waals surface area contributed by atoms with Crippen molar-refractivity contribution in [2.24, 2.45) is 0 Å². The molecule has 2 aromatic rings. The summed E-state index contributed by atoms with van der Waals surface area (Å²) in [6.07, 6.45) is 6.13. The molecule has 0 amide bonds. The number of hydrogen-bond donors (Lipinski definition) is 2. The Morgan fingerprint density at radius 1 is 1.14 bits per heavy atom. The summed E-state index contributed by atoms with van der Waals surface area (Å²) >= 11 is 0. The number of nitrogens with zero attached hydrogens (tertiary/aromatic N) is 2. The van der Waals surface area contributed by atoms with Crippen LogP contribution in [0.5, 0.6) is 11.5 Å². The highest BCUT2D eigenvalue weighted by Crippen LogP contribution is 2.62. The largest absolute Gasteiger partial charge is 0.494 e. The SMILES string of the molecule is CC1C(c2ccc(OCCCN3CCCCC3)cc2)Oc2cccnc2S1(O)O. The van der Waals surface area contributed by atoms with Crippen molar-refractivity contribution in [2.45, 2.75) is 49.0 Å². The molecule has 1 aromatic carbocycles. The van der Waals surface area contributed by atoms with E-state index in [1.807, 2.05) is 24.3 Å². The predicted molar refractivity (Wildman–Crippen MR) is 115 cm³/mol. The van der Waals surface area contributed by atoms with Crippen molar-refractivity contribution >= 4 is 10.6 Å². The number of hydrogen-bond acceptors (Lipinski definition) is 6. The quantitative estimate of drug-likeness (QED) is 0.645. The Morgan fingerprint density at radius 2 is 1.90 bits per heavy atom. The van der Waals surface area contributed by atoms with Crippen LogP contribution in [0.15, 0.2) is 47.6 Å². The molecule has 0 radical (unpaired) electrons. The van der Waals surface area contributed by atoms with E-state index in [2.05, 4.69) is 9.88 Å². The van der Waals surface area contributed by atoms with Crippen molar-refractivity contribution in [1.82, 2.24) is 9.88 Å². The van der Waals surface area contributed by atoms with Gasteiger partial charge < -0.3 is 14.4 Å². The highest BCUT2D eigenvalue weighted by molar-refractivity contribution is 8.24. The maximum absolute atomic E-state index is 10.7. The van der Waals surface area contributed by atoms with E-state index in [9.17, 15) is 9.11 Å². The highest BCUT2D eigenvalue weighted by atomic mass is 32.3. The van der Waals surface area contributed by atoms with Gasteiger partial charge in [0, 0.05) is 12.7 Å². The molecular weight excluding hydrogens is 388 g/mol. The lowest BCUT2D eigenvalue weighted by atomic mass is 10.1. The lowest BCUT2D eigenvalue weighted by Crippen LogP contribution is -2.32. The molecule has 4 rings (SSSR count). The van der Waals surface area contributed by atoms with Gasteiger partial charge in [0.05, 0.1) is 11.9 Å². The molecule has 1 saturated heterocycles. The molecule has 29 heavy (non-hydrogen) atoms. The number of aromatic nitrogens is 1. The summed E-state index contributed by atoms with van der Waals surface area (Å²) in [5, 5.41) is -0.237. The van der Waals surface area contributed by atoms with Gasteiger partial charge in [0.1, 0.15) is 11.9 Å².